The van der Waals surface area contributed by atoms with Gasteiger partial charge in [-0.2, -0.15) is 0 Å². The van der Waals surface area contributed by atoms with Crippen molar-refractivity contribution in [3.8, 4) is 11.1 Å². The Kier molecular flexibility index (Phi) is 7.65. The number of fused-ring (bicyclic) bond motifs is 3. The highest BCUT2D eigenvalue weighted by Crippen LogP contribution is 2.38. The van der Waals surface area contributed by atoms with Crippen LogP contribution in [0.3, 0.4) is 0 Å². The van der Waals surface area contributed by atoms with Gasteiger partial charge in [-0.3, -0.25) is 0 Å². The Morgan fingerprint density at radius 3 is 1.54 bits per heavy atom. The molecule has 0 saturated heterocycles. The normalized spacial score (nSPS) is 12.7. The number of hydrogen-bond acceptors (Lipinski definition) is 0. The molecule has 0 aliphatic heterocycles. The quantitative estimate of drug-likeness (QED) is 0.364. The number of unbranched alkanes of at least 4 members (excludes halogenated alkanes) is 6. The molecule has 1 aliphatic carbocycles. The van der Waals surface area contributed by atoms with Crippen LogP contribution in [0.4, 0.5) is 8.78 Å². The lowest BCUT2D eigenvalue weighted by Crippen LogP contribution is -2.11. The van der Waals surface area contributed by atoms with E-state index >= 15 is 8.78 Å². The van der Waals surface area contributed by atoms with Crippen molar-refractivity contribution in [3.05, 3.63) is 58.2 Å². The molecule has 0 N–H and O–H groups in total. The van der Waals surface area contributed by atoms with Crippen molar-refractivity contribution in [3.63, 3.8) is 0 Å². The second-order valence-corrected chi connectivity index (χ2v) is 8.25. The zero-order valence-electron chi connectivity index (χ0n) is 17.6. The van der Waals surface area contributed by atoms with Gasteiger partial charge in [0.2, 0.25) is 0 Å². The van der Waals surface area contributed by atoms with E-state index in [0.717, 1.165) is 71.9 Å². The van der Waals surface area contributed by atoms with Crippen molar-refractivity contribution < 1.29 is 8.78 Å². The Morgan fingerprint density at radius 1 is 0.607 bits per heavy atom. The van der Waals surface area contributed by atoms with E-state index in [-0.39, 0.29) is 11.6 Å². The third kappa shape index (κ3) is 4.64. The van der Waals surface area contributed by atoms with Gasteiger partial charge in [0.05, 0.1) is 0 Å². The Labute approximate surface area is 169 Å². The minimum Gasteiger partial charge on any atom is -0.206 e. The Balaban J connectivity index is 1.78. The fraction of sp³-hybridized carbons (Fsp3) is 0.538. The maximum absolute atomic E-state index is 15.1. The van der Waals surface area contributed by atoms with Crippen molar-refractivity contribution in [1.82, 2.24) is 0 Å². The molecule has 2 aromatic rings. The lowest BCUT2D eigenvalue weighted by Gasteiger charge is -2.23. The molecule has 2 heteroatoms. The van der Waals surface area contributed by atoms with E-state index in [9.17, 15) is 0 Å². The van der Waals surface area contributed by atoms with E-state index in [2.05, 4.69) is 13.8 Å². The lowest BCUT2D eigenvalue weighted by molar-refractivity contribution is 0.565. The maximum atomic E-state index is 15.1. The lowest BCUT2D eigenvalue weighted by atomic mass is 9.82. The van der Waals surface area contributed by atoms with Gasteiger partial charge in [-0.15, -0.1) is 0 Å². The maximum Gasteiger partial charge on any atom is 0.130 e. The minimum atomic E-state index is -0.0559. The number of hydrogen-bond donors (Lipinski definition) is 0. The molecule has 0 amide bonds. The molecular formula is C26H34F2. The number of aryl methyl sites for hydroxylation is 2. The van der Waals surface area contributed by atoms with Crippen LogP contribution < -0.4 is 0 Å². The van der Waals surface area contributed by atoms with E-state index in [1.165, 1.54) is 25.7 Å². The molecular weight excluding hydrogens is 350 g/mol. The van der Waals surface area contributed by atoms with E-state index in [1.54, 1.807) is 0 Å². The Morgan fingerprint density at radius 2 is 1.04 bits per heavy atom. The van der Waals surface area contributed by atoms with Crippen molar-refractivity contribution in [2.45, 2.75) is 90.9 Å². The van der Waals surface area contributed by atoms with Gasteiger partial charge in [-0.1, -0.05) is 76.6 Å². The van der Waals surface area contributed by atoms with Gasteiger partial charge in [0.15, 0.2) is 0 Å². The average molecular weight is 385 g/mol. The predicted octanol–water partition coefficient (Wildman–Crippen LogP) is 7.98. The molecule has 0 radical (unpaired) electrons. The van der Waals surface area contributed by atoms with Gasteiger partial charge in [0.1, 0.15) is 11.6 Å². The van der Waals surface area contributed by atoms with Crippen LogP contribution in [0.25, 0.3) is 11.1 Å². The summed E-state index contributed by atoms with van der Waals surface area (Å²) in [6.45, 7) is 4.37. The van der Waals surface area contributed by atoms with Crippen LogP contribution in [0.5, 0.6) is 0 Å². The first-order valence-electron chi connectivity index (χ1n) is 11.3. The molecule has 152 valence electrons. The van der Waals surface area contributed by atoms with E-state index in [4.69, 9.17) is 0 Å². The van der Waals surface area contributed by atoms with Crippen LogP contribution >= 0.6 is 0 Å². The summed E-state index contributed by atoms with van der Waals surface area (Å²) in [7, 11) is 0. The van der Waals surface area contributed by atoms with Crippen LogP contribution in [0.2, 0.25) is 0 Å². The highest BCUT2D eigenvalue weighted by atomic mass is 19.1. The zero-order chi connectivity index (χ0) is 19.9. The molecule has 1 aliphatic rings. The van der Waals surface area contributed by atoms with Gasteiger partial charge >= 0.3 is 0 Å². The molecule has 2 aromatic carbocycles. The van der Waals surface area contributed by atoms with Crippen molar-refractivity contribution >= 4 is 0 Å². The summed E-state index contributed by atoms with van der Waals surface area (Å²) in [6.07, 6.45) is 12.0. The second-order valence-electron chi connectivity index (χ2n) is 8.25. The van der Waals surface area contributed by atoms with Crippen LogP contribution in [0.15, 0.2) is 24.3 Å². The van der Waals surface area contributed by atoms with Gasteiger partial charge in [0, 0.05) is 0 Å². The molecule has 0 spiro atoms. The fourth-order valence-corrected chi connectivity index (χ4v) is 4.45. The highest BCUT2D eigenvalue weighted by molar-refractivity contribution is 5.74. The van der Waals surface area contributed by atoms with Gasteiger partial charge in [-0.05, 0) is 71.9 Å². The summed E-state index contributed by atoms with van der Waals surface area (Å²) in [5.74, 6) is -0.106. The third-order valence-electron chi connectivity index (χ3n) is 6.16. The predicted molar refractivity (Wildman–Crippen MR) is 115 cm³/mol. The molecule has 3 rings (SSSR count). The zero-order valence-corrected chi connectivity index (χ0v) is 17.6. The first-order valence-corrected chi connectivity index (χ1v) is 11.3. The SMILES string of the molecule is CCCCCCCc1ccc2c(c1F)CCc1c-2ccc(CCCCC)c1F. The second kappa shape index (κ2) is 10.2. The fourth-order valence-electron chi connectivity index (χ4n) is 4.45. The summed E-state index contributed by atoms with van der Waals surface area (Å²) in [6, 6.07) is 7.88. The smallest absolute Gasteiger partial charge is 0.130 e. The van der Waals surface area contributed by atoms with Crippen LogP contribution in [-0.2, 0) is 25.7 Å². The van der Waals surface area contributed by atoms with Crippen LogP contribution in [-0.4, -0.2) is 0 Å². The molecule has 28 heavy (non-hydrogen) atoms. The number of benzene rings is 2. The van der Waals surface area contributed by atoms with Crippen molar-refractivity contribution in [2.75, 3.05) is 0 Å². The van der Waals surface area contributed by atoms with Gasteiger partial charge < -0.3 is 0 Å². The largest absolute Gasteiger partial charge is 0.206 e. The first-order chi connectivity index (χ1) is 13.7. The standard InChI is InChI=1S/C26H34F2/c1-3-5-7-8-10-12-20-14-16-22-21-15-13-19(11-9-6-4-2)25(27)23(21)17-18-24(22)26(20)28/h13-16H,3-12,17-18H2,1-2H3. The molecule has 0 nitrogen and oxygen atoms in total. The number of rotatable bonds is 10. The Hall–Kier alpha value is -1.70. The molecule has 0 fully saturated rings. The molecule has 0 heterocycles. The summed E-state index contributed by atoms with van der Waals surface area (Å²) < 4.78 is 30.1. The van der Waals surface area contributed by atoms with Crippen molar-refractivity contribution in [2.24, 2.45) is 0 Å². The monoisotopic (exact) mass is 384 g/mol. The van der Waals surface area contributed by atoms with Gasteiger partial charge in [0.25, 0.3) is 0 Å². The van der Waals surface area contributed by atoms with E-state index in [1.807, 2.05) is 24.3 Å². The van der Waals surface area contributed by atoms with E-state index < -0.39 is 0 Å². The number of halogens is 2. The average Bonchev–Trinajstić information content (AvgIpc) is 2.71. The summed E-state index contributed by atoms with van der Waals surface area (Å²) >= 11 is 0. The van der Waals surface area contributed by atoms with Crippen LogP contribution in [0.1, 0.15) is 87.5 Å². The first kappa shape index (κ1) is 21.0. The topological polar surface area (TPSA) is 0 Å². The Bertz CT molecular complexity index is 792. The summed E-state index contributed by atoms with van der Waals surface area (Å²) in [5, 5.41) is 0. The van der Waals surface area contributed by atoms with Crippen molar-refractivity contribution in [1.29, 1.82) is 0 Å². The third-order valence-corrected chi connectivity index (χ3v) is 6.16. The molecule has 0 bridgehead atoms. The molecule has 0 unspecified atom stereocenters. The minimum absolute atomic E-state index is 0.0499. The van der Waals surface area contributed by atoms with Gasteiger partial charge in [-0.25, -0.2) is 8.78 Å². The molecule has 0 aromatic heterocycles. The van der Waals surface area contributed by atoms with Crippen LogP contribution in [0, 0.1) is 11.6 Å². The highest BCUT2D eigenvalue weighted by Gasteiger charge is 2.24. The summed E-state index contributed by atoms with van der Waals surface area (Å²) in [4.78, 5) is 0. The van der Waals surface area contributed by atoms with E-state index in [0.29, 0.717) is 12.8 Å². The summed E-state index contributed by atoms with van der Waals surface area (Å²) in [5.41, 5.74) is 5.01. The molecule has 0 atom stereocenters. The molecule has 0 saturated carbocycles.